The van der Waals surface area contributed by atoms with E-state index in [0.29, 0.717) is 5.82 Å². The molecule has 2 heterocycles. The summed E-state index contributed by atoms with van der Waals surface area (Å²) in [7, 11) is 0. The van der Waals surface area contributed by atoms with Gasteiger partial charge in [0.1, 0.15) is 23.3 Å². The Kier molecular flexibility index (Phi) is 4.33. The number of aryl methyl sites for hydroxylation is 1. The molecule has 3 rings (SSSR count). The van der Waals surface area contributed by atoms with Gasteiger partial charge in [-0.2, -0.15) is 0 Å². The van der Waals surface area contributed by atoms with Gasteiger partial charge in [0.05, 0.1) is 0 Å². The van der Waals surface area contributed by atoms with Crippen molar-refractivity contribution in [3.63, 3.8) is 0 Å². The van der Waals surface area contributed by atoms with Gasteiger partial charge in [-0.3, -0.25) is 9.36 Å². The van der Waals surface area contributed by atoms with E-state index in [1.165, 1.54) is 0 Å². The molecule has 0 atom stereocenters. The van der Waals surface area contributed by atoms with Crippen LogP contribution in [0.3, 0.4) is 0 Å². The summed E-state index contributed by atoms with van der Waals surface area (Å²) in [5.74, 6) is -0.601. The number of carbonyl (C=O) groups excluding carboxylic acids is 1. The van der Waals surface area contributed by atoms with E-state index in [0.717, 1.165) is 29.6 Å². The van der Waals surface area contributed by atoms with Crippen LogP contribution < -0.4 is 5.32 Å². The topological polar surface area (TPSA) is 59.8 Å². The van der Waals surface area contributed by atoms with Crippen LogP contribution in [0.15, 0.2) is 48.9 Å². The van der Waals surface area contributed by atoms with E-state index >= 15 is 0 Å². The molecule has 3 aromatic rings. The molecule has 7 heteroatoms. The first kappa shape index (κ1) is 15.8. The number of carbonyl (C=O) groups is 1. The summed E-state index contributed by atoms with van der Waals surface area (Å²) in [6, 6.07) is 6.31. The van der Waals surface area contributed by atoms with Crippen LogP contribution in [-0.2, 0) is 6.54 Å². The molecule has 24 heavy (non-hydrogen) atoms. The SMILES string of the molecule is Cc1nccn1-c1ccc(CNC(=O)c2cc(F)cc(F)c2)cn1. The van der Waals surface area contributed by atoms with Gasteiger partial charge in [0.25, 0.3) is 5.91 Å². The van der Waals surface area contributed by atoms with Crippen molar-refractivity contribution in [2.45, 2.75) is 13.5 Å². The van der Waals surface area contributed by atoms with Crippen LogP contribution in [0.25, 0.3) is 5.82 Å². The highest BCUT2D eigenvalue weighted by Gasteiger charge is 2.09. The van der Waals surface area contributed by atoms with E-state index in [1.807, 2.05) is 17.6 Å². The predicted octanol–water partition coefficient (Wildman–Crippen LogP) is 2.78. The second-order valence-electron chi connectivity index (χ2n) is 5.21. The summed E-state index contributed by atoms with van der Waals surface area (Å²) < 4.78 is 28.1. The van der Waals surface area contributed by atoms with Crippen LogP contribution in [-0.4, -0.2) is 20.4 Å². The van der Waals surface area contributed by atoms with E-state index < -0.39 is 17.5 Å². The molecule has 1 N–H and O–H groups in total. The third-order valence-electron chi connectivity index (χ3n) is 3.46. The molecule has 1 aromatic carbocycles. The second kappa shape index (κ2) is 6.57. The molecule has 0 fully saturated rings. The smallest absolute Gasteiger partial charge is 0.251 e. The highest BCUT2D eigenvalue weighted by molar-refractivity contribution is 5.94. The Bertz CT molecular complexity index is 854. The van der Waals surface area contributed by atoms with Crippen LogP contribution in [0.4, 0.5) is 8.78 Å². The number of rotatable bonds is 4. The van der Waals surface area contributed by atoms with Gasteiger partial charge < -0.3 is 5.32 Å². The standard InChI is InChI=1S/C17H14F2N4O/c1-11-20-4-5-23(11)16-3-2-12(9-21-16)10-22-17(24)13-6-14(18)8-15(19)7-13/h2-9H,10H2,1H3,(H,22,24). The number of nitrogens with one attached hydrogen (secondary N) is 1. The minimum Gasteiger partial charge on any atom is -0.348 e. The zero-order chi connectivity index (χ0) is 17.1. The quantitative estimate of drug-likeness (QED) is 0.801. The summed E-state index contributed by atoms with van der Waals surface area (Å²) in [6.07, 6.45) is 5.11. The fourth-order valence-electron chi connectivity index (χ4n) is 2.25. The molecule has 5 nitrogen and oxygen atoms in total. The number of benzene rings is 1. The lowest BCUT2D eigenvalue weighted by Crippen LogP contribution is -2.23. The van der Waals surface area contributed by atoms with E-state index in [9.17, 15) is 13.6 Å². The molecule has 1 amide bonds. The molecule has 0 aliphatic carbocycles. The molecule has 0 spiro atoms. The summed E-state index contributed by atoms with van der Waals surface area (Å²) >= 11 is 0. The molecule has 2 aromatic heterocycles. The zero-order valence-corrected chi connectivity index (χ0v) is 12.8. The lowest BCUT2D eigenvalue weighted by atomic mass is 10.2. The normalized spacial score (nSPS) is 10.6. The molecule has 0 saturated carbocycles. The molecule has 0 bridgehead atoms. The first-order chi connectivity index (χ1) is 11.5. The van der Waals surface area contributed by atoms with Crippen molar-refractivity contribution in [3.05, 3.63) is 77.5 Å². The van der Waals surface area contributed by atoms with Crippen LogP contribution in [0.2, 0.25) is 0 Å². The number of imidazole rings is 1. The Morgan fingerprint density at radius 2 is 1.92 bits per heavy atom. The van der Waals surface area contributed by atoms with Crippen LogP contribution >= 0.6 is 0 Å². The minimum absolute atomic E-state index is 0.0638. The van der Waals surface area contributed by atoms with Gasteiger partial charge in [-0.25, -0.2) is 18.7 Å². The molecular formula is C17H14F2N4O. The third kappa shape index (κ3) is 3.45. The minimum atomic E-state index is -0.790. The van der Waals surface area contributed by atoms with Gasteiger partial charge >= 0.3 is 0 Å². The molecule has 0 saturated heterocycles. The molecule has 0 aliphatic heterocycles. The molecule has 0 radical (unpaired) electrons. The van der Waals surface area contributed by atoms with Gasteiger partial charge in [-0.05, 0) is 30.7 Å². The van der Waals surface area contributed by atoms with Crippen molar-refractivity contribution in [2.24, 2.45) is 0 Å². The highest BCUT2D eigenvalue weighted by Crippen LogP contribution is 2.10. The zero-order valence-electron chi connectivity index (χ0n) is 12.8. The first-order valence-corrected chi connectivity index (χ1v) is 7.22. The average Bonchev–Trinajstić information content (AvgIpc) is 2.98. The highest BCUT2D eigenvalue weighted by atomic mass is 19.1. The number of hydrogen-bond donors (Lipinski definition) is 1. The number of amides is 1. The Morgan fingerprint density at radius 3 is 2.50 bits per heavy atom. The van der Waals surface area contributed by atoms with Crippen molar-refractivity contribution >= 4 is 5.91 Å². The molecular weight excluding hydrogens is 314 g/mol. The lowest BCUT2D eigenvalue weighted by Gasteiger charge is -2.07. The summed E-state index contributed by atoms with van der Waals surface area (Å²) in [6.45, 7) is 2.07. The van der Waals surface area contributed by atoms with E-state index in [2.05, 4.69) is 15.3 Å². The molecule has 122 valence electrons. The van der Waals surface area contributed by atoms with E-state index in [4.69, 9.17) is 0 Å². The number of nitrogens with zero attached hydrogens (tertiary/aromatic N) is 3. The maximum atomic E-state index is 13.1. The Hall–Kier alpha value is -3.09. The fourth-order valence-corrected chi connectivity index (χ4v) is 2.25. The number of halogens is 2. The summed E-state index contributed by atoms with van der Waals surface area (Å²) in [5.41, 5.74) is 0.702. The number of aromatic nitrogens is 3. The van der Waals surface area contributed by atoms with Gasteiger partial charge in [-0.1, -0.05) is 6.07 Å². The van der Waals surface area contributed by atoms with Crippen molar-refractivity contribution in [3.8, 4) is 5.82 Å². The molecule has 0 unspecified atom stereocenters. The van der Waals surface area contributed by atoms with Gasteiger partial charge in [0.2, 0.25) is 0 Å². The summed E-state index contributed by atoms with van der Waals surface area (Å²) in [4.78, 5) is 20.4. The van der Waals surface area contributed by atoms with Crippen LogP contribution in [0.1, 0.15) is 21.7 Å². The van der Waals surface area contributed by atoms with Crippen molar-refractivity contribution in [1.29, 1.82) is 0 Å². The van der Waals surface area contributed by atoms with E-state index in [-0.39, 0.29) is 12.1 Å². The average molecular weight is 328 g/mol. The second-order valence-corrected chi connectivity index (χ2v) is 5.21. The van der Waals surface area contributed by atoms with Crippen molar-refractivity contribution in [1.82, 2.24) is 19.9 Å². The predicted molar refractivity (Wildman–Crippen MR) is 83.6 cm³/mol. The largest absolute Gasteiger partial charge is 0.348 e. The van der Waals surface area contributed by atoms with Gasteiger partial charge in [-0.15, -0.1) is 0 Å². The van der Waals surface area contributed by atoms with Crippen molar-refractivity contribution < 1.29 is 13.6 Å². The Morgan fingerprint density at radius 1 is 1.17 bits per heavy atom. The fraction of sp³-hybridized carbons (Fsp3) is 0.118. The maximum absolute atomic E-state index is 13.1. The maximum Gasteiger partial charge on any atom is 0.251 e. The number of hydrogen-bond acceptors (Lipinski definition) is 3. The van der Waals surface area contributed by atoms with Crippen LogP contribution in [0, 0.1) is 18.6 Å². The third-order valence-corrected chi connectivity index (χ3v) is 3.46. The Labute approximate surface area is 137 Å². The lowest BCUT2D eigenvalue weighted by molar-refractivity contribution is 0.0950. The van der Waals surface area contributed by atoms with Crippen LogP contribution in [0.5, 0.6) is 0 Å². The van der Waals surface area contributed by atoms with Gasteiger partial charge in [0, 0.05) is 36.8 Å². The molecule has 0 aliphatic rings. The Balaban J connectivity index is 1.66. The van der Waals surface area contributed by atoms with Gasteiger partial charge in [0.15, 0.2) is 0 Å². The monoisotopic (exact) mass is 328 g/mol. The number of pyridine rings is 1. The van der Waals surface area contributed by atoms with Crippen molar-refractivity contribution in [2.75, 3.05) is 0 Å². The van der Waals surface area contributed by atoms with E-state index in [1.54, 1.807) is 24.7 Å². The first-order valence-electron chi connectivity index (χ1n) is 7.22. The summed E-state index contributed by atoms with van der Waals surface area (Å²) in [5, 5.41) is 2.60.